The fourth-order valence-corrected chi connectivity index (χ4v) is 3.07. The van der Waals surface area contributed by atoms with Crippen LogP contribution in [0.1, 0.15) is 16.5 Å². The minimum atomic E-state index is -0.315. The lowest BCUT2D eigenvalue weighted by atomic mass is 10.0. The number of ether oxygens (including phenoxy) is 2. The van der Waals surface area contributed by atoms with Crippen molar-refractivity contribution in [1.82, 2.24) is 0 Å². The summed E-state index contributed by atoms with van der Waals surface area (Å²) in [7, 11) is 3.20. The number of hydrogen-bond donors (Lipinski definition) is 0. The molecule has 5 heteroatoms. The largest absolute Gasteiger partial charge is 0.493 e. The second-order valence-corrected chi connectivity index (χ2v) is 5.97. The van der Waals surface area contributed by atoms with E-state index in [4.69, 9.17) is 32.7 Å². The Labute approximate surface area is 136 Å². The maximum Gasteiger partial charge on any atom is 0.161 e. The van der Waals surface area contributed by atoms with Crippen LogP contribution in [0.25, 0.3) is 0 Å². The predicted octanol–water partition coefficient (Wildman–Crippen LogP) is 5.45. The first-order valence-corrected chi connectivity index (χ1v) is 7.48. The van der Waals surface area contributed by atoms with Crippen molar-refractivity contribution < 1.29 is 9.47 Å². The highest BCUT2D eigenvalue weighted by molar-refractivity contribution is 9.10. The van der Waals surface area contributed by atoms with E-state index in [2.05, 4.69) is 15.9 Å². The van der Waals surface area contributed by atoms with E-state index in [0.717, 1.165) is 15.6 Å². The Balaban J connectivity index is 2.39. The molecule has 20 heavy (non-hydrogen) atoms. The minimum Gasteiger partial charge on any atom is -0.493 e. The van der Waals surface area contributed by atoms with E-state index in [1.54, 1.807) is 14.2 Å². The standard InChI is InChI=1S/C15H13BrCl2O2/c1-19-13-4-3-9(7-14(13)20-2)15(18)10-5-11(16)8-12(17)6-10/h3-8,15H,1-2H3. The Morgan fingerprint density at radius 1 is 0.950 bits per heavy atom. The van der Waals surface area contributed by atoms with Gasteiger partial charge in [0.25, 0.3) is 0 Å². The molecule has 2 nitrogen and oxygen atoms in total. The first-order valence-electron chi connectivity index (χ1n) is 5.87. The molecule has 0 saturated heterocycles. The highest BCUT2D eigenvalue weighted by atomic mass is 79.9. The van der Waals surface area contributed by atoms with Crippen molar-refractivity contribution in [2.45, 2.75) is 5.38 Å². The molecule has 106 valence electrons. The second-order valence-electron chi connectivity index (χ2n) is 4.18. The van der Waals surface area contributed by atoms with Crippen molar-refractivity contribution in [2.75, 3.05) is 14.2 Å². The van der Waals surface area contributed by atoms with Crippen LogP contribution in [0.5, 0.6) is 11.5 Å². The summed E-state index contributed by atoms with van der Waals surface area (Å²) in [6.07, 6.45) is 0. The highest BCUT2D eigenvalue weighted by Crippen LogP contribution is 2.36. The van der Waals surface area contributed by atoms with Gasteiger partial charge in [0.2, 0.25) is 0 Å². The fraction of sp³-hybridized carbons (Fsp3) is 0.200. The molecule has 0 saturated carbocycles. The molecular weight excluding hydrogens is 363 g/mol. The van der Waals surface area contributed by atoms with Crippen molar-refractivity contribution in [1.29, 1.82) is 0 Å². The van der Waals surface area contributed by atoms with Crippen LogP contribution in [0, 0.1) is 0 Å². The summed E-state index contributed by atoms with van der Waals surface area (Å²) >= 11 is 16.0. The van der Waals surface area contributed by atoms with Crippen LogP contribution in [-0.2, 0) is 0 Å². The molecule has 0 spiro atoms. The summed E-state index contributed by atoms with van der Waals surface area (Å²) in [5.41, 5.74) is 1.83. The van der Waals surface area contributed by atoms with Gasteiger partial charge in [0.05, 0.1) is 19.6 Å². The Bertz CT molecular complexity index is 597. The summed E-state index contributed by atoms with van der Waals surface area (Å²) in [5.74, 6) is 1.32. The van der Waals surface area contributed by atoms with Crippen molar-refractivity contribution in [3.05, 3.63) is 57.0 Å². The quantitative estimate of drug-likeness (QED) is 0.661. The zero-order chi connectivity index (χ0) is 14.7. The van der Waals surface area contributed by atoms with E-state index in [9.17, 15) is 0 Å². The minimum absolute atomic E-state index is 0.315. The Morgan fingerprint density at radius 2 is 1.65 bits per heavy atom. The Morgan fingerprint density at radius 3 is 2.25 bits per heavy atom. The van der Waals surface area contributed by atoms with E-state index >= 15 is 0 Å². The van der Waals surface area contributed by atoms with Crippen molar-refractivity contribution in [2.24, 2.45) is 0 Å². The van der Waals surface area contributed by atoms with Gasteiger partial charge in [-0.3, -0.25) is 0 Å². The van der Waals surface area contributed by atoms with Crippen LogP contribution < -0.4 is 9.47 Å². The average molecular weight is 376 g/mol. The zero-order valence-corrected chi connectivity index (χ0v) is 14.1. The van der Waals surface area contributed by atoms with Crippen molar-refractivity contribution in [3.8, 4) is 11.5 Å². The van der Waals surface area contributed by atoms with Crippen molar-refractivity contribution in [3.63, 3.8) is 0 Å². The van der Waals surface area contributed by atoms with Gasteiger partial charge in [-0.1, -0.05) is 33.6 Å². The number of alkyl halides is 1. The molecule has 2 aromatic carbocycles. The van der Waals surface area contributed by atoms with E-state index in [0.29, 0.717) is 16.5 Å². The van der Waals surface area contributed by atoms with Gasteiger partial charge < -0.3 is 9.47 Å². The Hall–Kier alpha value is -0.900. The first kappa shape index (κ1) is 15.5. The number of rotatable bonds is 4. The average Bonchev–Trinajstić information content (AvgIpc) is 2.44. The highest BCUT2D eigenvalue weighted by Gasteiger charge is 2.15. The van der Waals surface area contributed by atoms with Gasteiger partial charge in [-0.05, 0) is 41.5 Å². The molecule has 0 fully saturated rings. The lowest BCUT2D eigenvalue weighted by molar-refractivity contribution is 0.354. The van der Waals surface area contributed by atoms with Gasteiger partial charge in [0.1, 0.15) is 0 Å². The van der Waals surface area contributed by atoms with Gasteiger partial charge in [-0.2, -0.15) is 0 Å². The molecule has 0 heterocycles. The number of halogens is 3. The van der Waals surface area contributed by atoms with Gasteiger partial charge in [0, 0.05) is 9.50 Å². The molecule has 0 aromatic heterocycles. The number of hydrogen-bond acceptors (Lipinski definition) is 2. The third-order valence-corrected chi connectivity index (χ3v) is 4.06. The van der Waals surface area contributed by atoms with E-state index < -0.39 is 0 Å². The summed E-state index contributed by atoms with van der Waals surface area (Å²) in [5, 5.41) is 0.324. The zero-order valence-electron chi connectivity index (χ0n) is 11.0. The molecular formula is C15H13BrCl2O2. The van der Waals surface area contributed by atoms with E-state index in [1.165, 1.54) is 0 Å². The molecule has 1 atom stereocenters. The van der Waals surface area contributed by atoms with Gasteiger partial charge in [-0.25, -0.2) is 0 Å². The van der Waals surface area contributed by atoms with E-state index in [1.807, 2.05) is 36.4 Å². The molecule has 0 aliphatic carbocycles. The third-order valence-electron chi connectivity index (χ3n) is 2.88. The van der Waals surface area contributed by atoms with Crippen LogP contribution in [0.4, 0.5) is 0 Å². The smallest absolute Gasteiger partial charge is 0.161 e. The molecule has 2 aromatic rings. The molecule has 2 rings (SSSR count). The lowest BCUT2D eigenvalue weighted by Crippen LogP contribution is -1.96. The van der Waals surface area contributed by atoms with Crippen LogP contribution in [0.3, 0.4) is 0 Å². The van der Waals surface area contributed by atoms with Crippen LogP contribution >= 0.6 is 39.1 Å². The summed E-state index contributed by atoms with van der Waals surface area (Å²) in [6, 6.07) is 11.2. The fourth-order valence-electron chi connectivity index (χ4n) is 1.92. The van der Waals surface area contributed by atoms with Gasteiger partial charge >= 0.3 is 0 Å². The topological polar surface area (TPSA) is 18.5 Å². The Kier molecular flexibility index (Phi) is 5.19. The maximum absolute atomic E-state index is 6.52. The SMILES string of the molecule is COc1ccc(C(Cl)c2cc(Cl)cc(Br)c2)cc1OC. The molecule has 0 bridgehead atoms. The molecule has 1 unspecified atom stereocenters. The monoisotopic (exact) mass is 374 g/mol. The summed E-state index contributed by atoms with van der Waals surface area (Å²) < 4.78 is 11.4. The van der Waals surface area contributed by atoms with Gasteiger partial charge in [0.15, 0.2) is 11.5 Å². The third kappa shape index (κ3) is 3.40. The maximum atomic E-state index is 6.52. The van der Waals surface area contributed by atoms with Crippen LogP contribution in [-0.4, -0.2) is 14.2 Å². The van der Waals surface area contributed by atoms with Crippen molar-refractivity contribution >= 4 is 39.1 Å². The first-order chi connectivity index (χ1) is 9.55. The molecule has 0 amide bonds. The molecule has 0 radical (unpaired) electrons. The number of methoxy groups -OCH3 is 2. The number of benzene rings is 2. The predicted molar refractivity (Wildman–Crippen MR) is 86.4 cm³/mol. The molecule has 0 aliphatic heterocycles. The summed E-state index contributed by atoms with van der Waals surface area (Å²) in [6.45, 7) is 0. The van der Waals surface area contributed by atoms with Crippen LogP contribution in [0.15, 0.2) is 40.9 Å². The molecule has 0 N–H and O–H groups in total. The van der Waals surface area contributed by atoms with E-state index in [-0.39, 0.29) is 5.38 Å². The normalized spacial score (nSPS) is 12.1. The summed E-state index contributed by atoms with van der Waals surface area (Å²) in [4.78, 5) is 0. The van der Waals surface area contributed by atoms with Gasteiger partial charge in [-0.15, -0.1) is 11.6 Å². The molecule has 0 aliphatic rings. The van der Waals surface area contributed by atoms with Crippen LogP contribution in [0.2, 0.25) is 5.02 Å². The lowest BCUT2D eigenvalue weighted by Gasteiger charge is -2.14. The second kappa shape index (κ2) is 6.70.